The Balaban J connectivity index is 2.28. The lowest BCUT2D eigenvalue weighted by atomic mass is 9.87. The molecule has 1 heterocycles. The second-order valence-electron chi connectivity index (χ2n) is 16.2. The van der Waals surface area contributed by atoms with Crippen LogP contribution in [0.5, 0.6) is 0 Å². The van der Waals surface area contributed by atoms with Gasteiger partial charge in [0, 0.05) is 25.2 Å². The fourth-order valence-electron chi connectivity index (χ4n) is 6.98. The molecule has 0 radical (unpaired) electrons. The number of rotatable bonds is 36. The first-order chi connectivity index (χ1) is 27.3. The molecule has 1 saturated heterocycles. The van der Waals surface area contributed by atoms with Crippen molar-refractivity contribution in [1.29, 1.82) is 0 Å². The Morgan fingerprint density at radius 1 is 0.772 bits per heavy atom. The number of ether oxygens (including phenoxy) is 3. The Morgan fingerprint density at radius 3 is 1.95 bits per heavy atom. The highest BCUT2D eigenvalue weighted by Crippen LogP contribution is 2.36. The molecule has 0 bridgehead atoms. The number of esters is 2. The lowest BCUT2D eigenvalue weighted by molar-refractivity contribution is -0.199. The minimum atomic E-state index is -4.83. The average molecular weight is 833 g/mol. The molecule has 0 amide bonds. The van der Waals surface area contributed by atoms with E-state index in [1.807, 2.05) is 12.2 Å². The number of hydrogen-bond donors (Lipinski definition) is 5. The molecule has 5 N–H and O–H groups in total. The first-order valence-electron chi connectivity index (χ1n) is 22.4. The van der Waals surface area contributed by atoms with Crippen LogP contribution >= 0.6 is 7.82 Å². The first-order valence-corrected chi connectivity index (χ1v) is 24.0. The molecule has 1 fully saturated rings. The molecular weight excluding hydrogens is 751 g/mol. The summed E-state index contributed by atoms with van der Waals surface area (Å²) < 4.78 is 32.1. The molecule has 0 aromatic carbocycles. The van der Waals surface area contributed by atoms with Crippen LogP contribution in [0.25, 0.3) is 0 Å². The maximum absolute atomic E-state index is 12.5. The second kappa shape index (κ2) is 34.1. The summed E-state index contributed by atoms with van der Waals surface area (Å²) in [4.78, 5) is 43.2. The summed E-state index contributed by atoms with van der Waals surface area (Å²) in [5.41, 5.74) is 0. The summed E-state index contributed by atoms with van der Waals surface area (Å²) in [5.74, 6) is -0.525. The Labute approximate surface area is 344 Å². The van der Waals surface area contributed by atoms with Gasteiger partial charge in [-0.05, 0) is 38.0 Å². The van der Waals surface area contributed by atoms with Gasteiger partial charge in [0.2, 0.25) is 0 Å². The first kappa shape index (κ1) is 53.4. The van der Waals surface area contributed by atoms with Crippen molar-refractivity contribution < 1.29 is 58.0 Å². The summed E-state index contributed by atoms with van der Waals surface area (Å²) in [6.07, 6.45) is 28.0. The molecule has 1 aliphatic rings. The number of hydrogen-bond acceptors (Lipinski definition) is 10. The van der Waals surface area contributed by atoms with Crippen molar-refractivity contribution in [3.8, 4) is 0 Å². The number of carbonyl (C=O) groups excluding carboxylic acids is 2. The minimum Gasteiger partial charge on any atom is -0.462 e. The predicted molar refractivity (Wildman–Crippen MR) is 224 cm³/mol. The molecule has 57 heavy (non-hydrogen) atoms. The van der Waals surface area contributed by atoms with Gasteiger partial charge in [-0.15, -0.1) is 0 Å². The van der Waals surface area contributed by atoms with Crippen LogP contribution in [0.1, 0.15) is 188 Å². The van der Waals surface area contributed by atoms with Gasteiger partial charge in [-0.2, -0.15) is 0 Å². The zero-order valence-corrected chi connectivity index (χ0v) is 36.6. The molecule has 334 valence electrons. The third-order valence-corrected chi connectivity index (χ3v) is 11.3. The molecule has 7 atom stereocenters. The Kier molecular flexibility index (Phi) is 32.0. The van der Waals surface area contributed by atoms with Crippen molar-refractivity contribution in [2.45, 2.75) is 218 Å². The predicted octanol–water partition coefficient (Wildman–Crippen LogP) is 9.54. The van der Waals surface area contributed by atoms with E-state index < -0.39 is 57.1 Å². The molecule has 0 aliphatic carbocycles. The van der Waals surface area contributed by atoms with E-state index in [1.54, 1.807) is 12.2 Å². The quantitative estimate of drug-likeness (QED) is 0.0174. The van der Waals surface area contributed by atoms with Crippen molar-refractivity contribution in [3.05, 3.63) is 24.3 Å². The van der Waals surface area contributed by atoms with Gasteiger partial charge in [0.1, 0.15) is 6.61 Å². The van der Waals surface area contributed by atoms with E-state index in [-0.39, 0.29) is 31.8 Å². The van der Waals surface area contributed by atoms with Crippen LogP contribution in [0, 0.1) is 11.8 Å². The molecule has 0 spiro atoms. The molecule has 0 aromatic rings. The number of unbranched alkanes of at least 4 members (excludes halogenated alkanes) is 16. The maximum atomic E-state index is 12.5. The van der Waals surface area contributed by atoms with E-state index in [9.17, 15) is 29.5 Å². The Hall–Kier alpha value is -1.63. The van der Waals surface area contributed by atoms with Crippen molar-refractivity contribution in [2.75, 3.05) is 13.2 Å². The zero-order valence-electron chi connectivity index (χ0n) is 35.7. The number of aliphatic hydroxyl groups is 3. The molecule has 13 heteroatoms. The van der Waals surface area contributed by atoms with E-state index in [0.29, 0.717) is 32.1 Å². The van der Waals surface area contributed by atoms with Gasteiger partial charge in [0.05, 0.1) is 24.9 Å². The van der Waals surface area contributed by atoms with Gasteiger partial charge in [0.15, 0.2) is 12.4 Å². The SMILES string of the molecule is CCCCC[C@H](O)/C=C/[C@H]1OC(O)C[C@H](O)[C@@H]1C/C=C\CCCC(=O)O[C@H](COC(=O)CCCCCCCCCCCCCCCCC(C)CC)COP(=O)(O)O. The number of aliphatic hydroxyl groups excluding tert-OH is 3. The molecule has 12 nitrogen and oxygen atoms in total. The Bertz CT molecular complexity index is 1110. The van der Waals surface area contributed by atoms with Gasteiger partial charge < -0.3 is 39.3 Å². The molecular formula is C44H81O12P. The summed E-state index contributed by atoms with van der Waals surface area (Å²) in [5, 5.41) is 30.9. The maximum Gasteiger partial charge on any atom is 0.469 e. The topological polar surface area (TPSA) is 189 Å². The van der Waals surface area contributed by atoms with Gasteiger partial charge in [-0.1, -0.05) is 161 Å². The third-order valence-electron chi connectivity index (χ3n) is 10.8. The molecule has 0 aromatic heterocycles. The van der Waals surface area contributed by atoms with Gasteiger partial charge >= 0.3 is 19.8 Å². The van der Waals surface area contributed by atoms with Crippen molar-refractivity contribution in [2.24, 2.45) is 11.8 Å². The largest absolute Gasteiger partial charge is 0.469 e. The van der Waals surface area contributed by atoms with Gasteiger partial charge in [0.25, 0.3) is 0 Å². The van der Waals surface area contributed by atoms with E-state index in [0.717, 1.165) is 44.4 Å². The van der Waals surface area contributed by atoms with Crippen molar-refractivity contribution in [1.82, 2.24) is 0 Å². The molecule has 2 unspecified atom stereocenters. The van der Waals surface area contributed by atoms with Crippen LogP contribution in [-0.4, -0.2) is 81.0 Å². The van der Waals surface area contributed by atoms with E-state index in [4.69, 9.17) is 24.0 Å². The third kappa shape index (κ3) is 31.0. The van der Waals surface area contributed by atoms with Crippen LogP contribution in [-0.2, 0) is 32.9 Å². The summed E-state index contributed by atoms with van der Waals surface area (Å²) in [6, 6.07) is 0. The standard InChI is InChI=1S/C44H81O12P/c1-4-6-21-27-37(45)31-32-41-39(40(46)33-44(49)56-41)28-23-19-20-25-30-43(48)55-38(35-54-57(50,51)52)34-53-42(47)29-24-18-16-14-12-10-8-7-9-11-13-15-17-22-26-36(3)5-2/h19,23,31-32,36-41,44-46,49H,4-18,20-22,24-30,33-35H2,1-3H3,(H2,50,51,52)/b23-19-,32-31+/t36?,37-,38+,39-,40-,41+,44?/m0/s1. The summed E-state index contributed by atoms with van der Waals surface area (Å²) in [7, 11) is -4.83. The van der Waals surface area contributed by atoms with Crippen molar-refractivity contribution >= 4 is 19.8 Å². The summed E-state index contributed by atoms with van der Waals surface area (Å²) >= 11 is 0. The monoisotopic (exact) mass is 833 g/mol. The van der Waals surface area contributed by atoms with E-state index >= 15 is 0 Å². The number of allylic oxidation sites excluding steroid dienone is 2. The second-order valence-corrected chi connectivity index (χ2v) is 17.4. The summed E-state index contributed by atoms with van der Waals surface area (Å²) in [6.45, 7) is 5.73. The fraction of sp³-hybridized carbons (Fsp3) is 0.864. The number of carbonyl (C=O) groups is 2. The lowest BCUT2D eigenvalue weighted by Gasteiger charge is -2.36. The number of phosphoric ester groups is 1. The highest BCUT2D eigenvalue weighted by molar-refractivity contribution is 7.46. The van der Waals surface area contributed by atoms with Crippen LogP contribution in [0.3, 0.4) is 0 Å². The van der Waals surface area contributed by atoms with Crippen LogP contribution < -0.4 is 0 Å². The highest BCUT2D eigenvalue weighted by Gasteiger charge is 2.35. The van der Waals surface area contributed by atoms with E-state index in [2.05, 4.69) is 25.3 Å². The van der Waals surface area contributed by atoms with Gasteiger partial charge in [-0.3, -0.25) is 14.1 Å². The number of phosphoric acid groups is 1. The van der Waals surface area contributed by atoms with Crippen molar-refractivity contribution in [3.63, 3.8) is 0 Å². The fourth-order valence-corrected chi connectivity index (χ4v) is 7.34. The Morgan fingerprint density at radius 2 is 1.35 bits per heavy atom. The molecule has 1 rings (SSSR count). The zero-order chi connectivity index (χ0) is 42.2. The van der Waals surface area contributed by atoms with Crippen LogP contribution in [0.4, 0.5) is 0 Å². The normalized spacial score (nSPS) is 20.6. The van der Waals surface area contributed by atoms with Crippen LogP contribution in [0.15, 0.2) is 24.3 Å². The smallest absolute Gasteiger partial charge is 0.462 e. The molecule has 1 aliphatic heterocycles. The minimum absolute atomic E-state index is 0.0199. The van der Waals surface area contributed by atoms with E-state index in [1.165, 1.54) is 77.0 Å². The van der Waals surface area contributed by atoms with Gasteiger partial charge in [-0.25, -0.2) is 4.57 Å². The lowest BCUT2D eigenvalue weighted by Crippen LogP contribution is -2.43. The van der Waals surface area contributed by atoms with Crippen LogP contribution in [0.2, 0.25) is 0 Å². The average Bonchev–Trinajstić information content (AvgIpc) is 3.16. The highest BCUT2D eigenvalue weighted by atomic mass is 31.2. The molecule has 0 saturated carbocycles.